The van der Waals surface area contributed by atoms with Gasteiger partial charge in [-0.1, -0.05) is 6.07 Å². The van der Waals surface area contributed by atoms with Crippen LogP contribution in [-0.2, 0) is 6.18 Å². The van der Waals surface area contributed by atoms with E-state index in [4.69, 9.17) is 9.15 Å². The topological polar surface area (TPSA) is 98.7 Å². The van der Waals surface area contributed by atoms with Gasteiger partial charge in [-0.15, -0.1) is 0 Å². The van der Waals surface area contributed by atoms with Gasteiger partial charge in [-0.2, -0.15) is 13.2 Å². The molecule has 0 aromatic carbocycles. The van der Waals surface area contributed by atoms with E-state index in [2.05, 4.69) is 4.98 Å². The Hall–Kier alpha value is -3.11. The lowest BCUT2D eigenvalue weighted by Crippen LogP contribution is -2.56. The van der Waals surface area contributed by atoms with E-state index in [1.54, 1.807) is 0 Å². The molecule has 0 N–H and O–H groups in total. The molecule has 8 nitrogen and oxygen atoms in total. The van der Waals surface area contributed by atoms with E-state index >= 15 is 0 Å². The number of ether oxygens (including phenoxy) is 1. The summed E-state index contributed by atoms with van der Waals surface area (Å²) in [6.45, 7) is 0.205. The van der Waals surface area contributed by atoms with E-state index in [0.29, 0.717) is 0 Å². The molecule has 0 aliphatic carbocycles. The molecule has 11 heteroatoms. The highest BCUT2D eigenvalue weighted by Gasteiger charge is 2.36. The van der Waals surface area contributed by atoms with Crippen LogP contribution in [0.4, 0.5) is 19.1 Å². The Kier molecular flexibility index (Phi) is 4.07. The van der Waals surface area contributed by atoms with E-state index in [0.717, 1.165) is 12.1 Å². The lowest BCUT2D eigenvalue weighted by Gasteiger charge is -2.38. The zero-order valence-electron chi connectivity index (χ0n) is 12.4. The average Bonchev–Trinajstić information content (AvgIpc) is 2.99. The molecule has 1 saturated heterocycles. The molecule has 1 aliphatic rings. The van der Waals surface area contributed by atoms with Crippen molar-refractivity contribution in [2.24, 2.45) is 0 Å². The van der Waals surface area contributed by atoms with Gasteiger partial charge in [-0.05, 0) is 12.1 Å². The highest BCUT2D eigenvalue weighted by molar-refractivity contribution is 5.92. The normalized spacial score (nSPS) is 14.9. The molecular formula is C14H10F3N3O5. The van der Waals surface area contributed by atoms with Gasteiger partial charge in [0.2, 0.25) is 5.88 Å². The van der Waals surface area contributed by atoms with E-state index in [1.165, 1.54) is 23.1 Å². The number of nitro groups is 1. The van der Waals surface area contributed by atoms with Crippen molar-refractivity contribution in [1.82, 2.24) is 9.88 Å². The minimum Gasteiger partial charge on any atom is -0.471 e. The molecule has 132 valence electrons. The molecule has 3 rings (SSSR count). The zero-order valence-corrected chi connectivity index (χ0v) is 12.4. The van der Waals surface area contributed by atoms with Crippen LogP contribution in [-0.4, -0.2) is 39.9 Å². The Morgan fingerprint density at radius 2 is 2.04 bits per heavy atom. The molecule has 2 aromatic rings. The SMILES string of the molecule is O=C(c1ccc([N+](=O)[O-])o1)N1CC(Oc2cccc(C(F)(F)F)n2)C1. The highest BCUT2D eigenvalue weighted by atomic mass is 19.4. The molecule has 25 heavy (non-hydrogen) atoms. The van der Waals surface area contributed by atoms with E-state index in [9.17, 15) is 28.1 Å². The Labute approximate surface area is 138 Å². The zero-order chi connectivity index (χ0) is 18.2. The van der Waals surface area contributed by atoms with Gasteiger partial charge in [0.1, 0.15) is 16.7 Å². The predicted octanol–water partition coefficient (Wildman–Crippen LogP) is 2.51. The molecule has 1 fully saturated rings. The number of halogens is 3. The highest BCUT2D eigenvalue weighted by Crippen LogP contribution is 2.29. The number of aromatic nitrogens is 1. The lowest BCUT2D eigenvalue weighted by atomic mass is 10.1. The molecule has 0 unspecified atom stereocenters. The largest absolute Gasteiger partial charge is 0.471 e. The fraction of sp³-hybridized carbons (Fsp3) is 0.286. The second-order valence-corrected chi connectivity index (χ2v) is 5.20. The summed E-state index contributed by atoms with van der Waals surface area (Å²) >= 11 is 0. The van der Waals surface area contributed by atoms with Crippen LogP contribution < -0.4 is 4.74 Å². The fourth-order valence-electron chi connectivity index (χ4n) is 2.18. The number of hydrogen-bond donors (Lipinski definition) is 0. The van der Waals surface area contributed by atoms with Crippen molar-refractivity contribution >= 4 is 11.8 Å². The molecule has 0 saturated carbocycles. The molecule has 2 aromatic heterocycles. The first-order valence-electron chi connectivity index (χ1n) is 6.98. The molecule has 0 radical (unpaired) electrons. The van der Waals surface area contributed by atoms with Gasteiger partial charge in [0.25, 0.3) is 5.91 Å². The summed E-state index contributed by atoms with van der Waals surface area (Å²) in [6, 6.07) is 5.54. The third-order valence-corrected chi connectivity index (χ3v) is 3.42. The van der Waals surface area contributed by atoms with Crippen molar-refractivity contribution in [2.75, 3.05) is 13.1 Å². The first kappa shape index (κ1) is 16.7. The molecule has 0 bridgehead atoms. The summed E-state index contributed by atoms with van der Waals surface area (Å²) in [4.78, 5) is 26.5. The molecule has 1 aliphatic heterocycles. The van der Waals surface area contributed by atoms with E-state index in [1.807, 2.05) is 0 Å². The number of rotatable bonds is 4. The third kappa shape index (κ3) is 3.54. The molecular weight excluding hydrogens is 347 g/mol. The summed E-state index contributed by atoms with van der Waals surface area (Å²) in [6.07, 6.45) is -5.10. The van der Waals surface area contributed by atoms with E-state index < -0.39 is 34.7 Å². The number of alkyl halides is 3. The summed E-state index contributed by atoms with van der Waals surface area (Å²) in [7, 11) is 0. The Balaban J connectivity index is 1.57. The van der Waals surface area contributed by atoms with Crippen LogP contribution in [0.3, 0.4) is 0 Å². The second-order valence-electron chi connectivity index (χ2n) is 5.20. The van der Waals surface area contributed by atoms with Crippen LogP contribution in [0, 0.1) is 10.1 Å². The number of furan rings is 1. The minimum atomic E-state index is -4.57. The van der Waals surface area contributed by atoms with Crippen molar-refractivity contribution in [2.45, 2.75) is 12.3 Å². The van der Waals surface area contributed by atoms with Gasteiger partial charge >= 0.3 is 12.1 Å². The van der Waals surface area contributed by atoms with Gasteiger partial charge < -0.3 is 14.1 Å². The minimum absolute atomic E-state index is 0.102. The molecule has 3 heterocycles. The lowest BCUT2D eigenvalue weighted by molar-refractivity contribution is -0.402. The van der Waals surface area contributed by atoms with Crippen molar-refractivity contribution in [1.29, 1.82) is 0 Å². The Morgan fingerprint density at radius 3 is 2.64 bits per heavy atom. The molecule has 0 spiro atoms. The number of amides is 1. The second kappa shape index (κ2) is 6.07. The number of pyridine rings is 1. The van der Waals surface area contributed by atoms with Crippen molar-refractivity contribution < 1.29 is 32.0 Å². The smallest absolute Gasteiger partial charge is 0.433 e. The van der Waals surface area contributed by atoms with Crippen LogP contribution in [0.25, 0.3) is 0 Å². The maximum absolute atomic E-state index is 12.6. The summed E-state index contributed by atoms with van der Waals surface area (Å²) in [5.74, 6) is -1.50. The fourth-order valence-corrected chi connectivity index (χ4v) is 2.18. The Morgan fingerprint density at radius 1 is 1.32 bits per heavy atom. The third-order valence-electron chi connectivity index (χ3n) is 3.42. The summed E-state index contributed by atoms with van der Waals surface area (Å²) in [5.41, 5.74) is -1.07. The summed E-state index contributed by atoms with van der Waals surface area (Å²) < 4.78 is 47.9. The monoisotopic (exact) mass is 357 g/mol. The van der Waals surface area contributed by atoms with E-state index in [-0.39, 0.29) is 24.7 Å². The quantitative estimate of drug-likeness (QED) is 0.616. The van der Waals surface area contributed by atoms with Gasteiger partial charge in [0.05, 0.1) is 19.2 Å². The van der Waals surface area contributed by atoms with Crippen LogP contribution in [0.5, 0.6) is 5.88 Å². The number of likely N-dealkylation sites (tertiary alicyclic amines) is 1. The van der Waals surface area contributed by atoms with Gasteiger partial charge in [0, 0.05) is 6.07 Å². The number of hydrogen-bond acceptors (Lipinski definition) is 6. The maximum Gasteiger partial charge on any atom is 0.433 e. The average molecular weight is 357 g/mol. The van der Waals surface area contributed by atoms with Gasteiger partial charge in [0.15, 0.2) is 5.76 Å². The first-order chi connectivity index (χ1) is 11.7. The summed E-state index contributed by atoms with van der Waals surface area (Å²) in [5, 5.41) is 10.5. The molecule has 1 amide bonds. The van der Waals surface area contributed by atoms with Gasteiger partial charge in [-0.3, -0.25) is 14.9 Å². The van der Waals surface area contributed by atoms with Crippen molar-refractivity contribution in [3.8, 4) is 5.88 Å². The van der Waals surface area contributed by atoms with Crippen molar-refractivity contribution in [3.63, 3.8) is 0 Å². The number of carbonyl (C=O) groups is 1. The van der Waals surface area contributed by atoms with Crippen LogP contribution >= 0.6 is 0 Å². The van der Waals surface area contributed by atoms with Gasteiger partial charge in [-0.25, -0.2) is 4.98 Å². The first-order valence-corrected chi connectivity index (χ1v) is 6.98. The Bertz CT molecular complexity index is 814. The van der Waals surface area contributed by atoms with Crippen molar-refractivity contribution in [3.05, 3.63) is 51.9 Å². The van der Waals surface area contributed by atoms with Crippen LogP contribution in [0.1, 0.15) is 16.2 Å². The standard InChI is InChI=1S/C14H10F3N3O5/c15-14(16,17)10-2-1-3-11(18-10)24-8-6-19(7-8)13(21)9-4-5-12(25-9)20(22)23/h1-5,8H,6-7H2. The predicted molar refractivity (Wildman–Crippen MR) is 74.9 cm³/mol. The van der Waals surface area contributed by atoms with Crippen LogP contribution in [0.15, 0.2) is 34.7 Å². The number of nitrogens with zero attached hydrogens (tertiary/aromatic N) is 3. The maximum atomic E-state index is 12.6. The molecule has 0 atom stereocenters. The number of carbonyl (C=O) groups excluding carboxylic acids is 1. The van der Waals surface area contributed by atoms with Crippen LogP contribution in [0.2, 0.25) is 0 Å².